The van der Waals surface area contributed by atoms with E-state index in [0.717, 1.165) is 0 Å². The number of benzene rings is 6. The Bertz CT molecular complexity index is 1760. The average Bonchev–Trinajstić information content (AvgIpc) is 2.92. The van der Waals surface area contributed by atoms with Gasteiger partial charge in [0.1, 0.15) is 0 Å². The number of ether oxygens (including phenoxy) is 1. The summed E-state index contributed by atoms with van der Waals surface area (Å²) in [6.07, 6.45) is 0. The molecule has 0 unspecified atom stereocenters. The molecule has 0 bridgehead atoms. The van der Waals surface area contributed by atoms with Crippen molar-refractivity contribution in [3.05, 3.63) is 132 Å². The molecule has 0 amide bonds. The molecular formula is C36H30O. The minimum Gasteiger partial charge on any atom is -0.380 e. The lowest BCUT2D eigenvalue weighted by atomic mass is 9.80. The summed E-state index contributed by atoms with van der Waals surface area (Å²) in [6.45, 7) is 4.99. The molecular weight excluding hydrogens is 448 g/mol. The number of aryl methyl sites for hydroxylation is 2. The monoisotopic (exact) mass is 478 g/mol. The summed E-state index contributed by atoms with van der Waals surface area (Å²) >= 11 is 0. The maximum atomic E-state index is 5.68. The molecule has 0 N–H and O–H groups in total. The number of methoxy groups -OCH3 is 1. The lowest BCUT2D eigenvalue weighted by Gasteiger charge is -2.23. The molecule has 37 heavy (non-hydrogen) atoms. The third-order valence-corrected chi connectivity index (χ3v) is 7.44. The Morgan fingerprint density at radius 3 is 1.73 bits per heavy atom. The lowest BCUT2D eigenvalue weighted by molar-refractivity contribution is 0.185. The van der Waals surface area contributed by atoms with Crippen molar-refractivity contribution in [2.24, 2.45) is 0 Å². The maximum absolute atomic E-state index is 5.68. The smallest absolute Gasteiger partial charge is 0.0719 e. The van der Waals surface area contributed by atoms with Crippen LogP contribution in [0.1, 0.15) is 16.7 Å². The van der Waals surface area contributed by atoms with Crippen molar-refractivity contribution in [1.82, 2.24) is 0 Å². The van der Waals surface area contributed by atoms with Gasteiger partial charge in [0.25, 0.3) is 0 Å². The van der Waals surface area contributed by atoms with Crippen LogP contribution in [0, 0.1) is 13.8 Å². The van der Waals surface area contributed by atoms with Gasteiger partial charge >= 0.3 is 0 Å². The molecule has 0 heterocycles. The minimum atomic E-state index is 0.563. The second kappa shape index (κ2) is 9.69. The fourth-order valence-corrected chi connectivity index (χ4v) is 5.64. The fourth-order valence-electron chi connectivity index (χ4n) is 5.64. The number of fused-ring (bicyclic) bond motifs is 2. The highest BCUT2D eigenvalue weighted by atomic mass is 16.5. The van der Waals surface area contributed by atoms with E-state index in [1.54, 1.807) is 7.11 Å². The Morgan fingerprint density at radius 1 is 0.486 bits per heavy atom. The van der Waals surface area contributed by atoms with Gasteiger partial charge in [-0.3, -0.25) is 0 Å². The van der Waals surface area contributed by atoms with Crippen LogP contribution in [0.2, 0.25) is 0 Å². The highest BCUT2D eigenvalue weighted by Gasteiger charge is 2.22. The van der Waals surface area contributed by atoms with Gasteiger partial charge in [0.15, 0.2) is 0 Å². The molecule has 0 spiro atoms. The summed E-state index contributed by atoms with van der Waals surface area (Å²) in [7, 11) is 1.77. The van der Waals surface area contributed by atoms with E-state index in [1.807, 2.05) is 0 Å². The van der Waals surface area contributed by atoms with Crippen LogP contribution in [0.15, 0.2) is 115 Å². The molecule has 0 aliphatic carbocycles. The Kier molecular flexibility index (Phi) is 6.08. The summed E-state index contributed by atoms with van der Waals surface area (Å²) in [4.78, 5) is 0. The van der Waals surface area contributed by atoms with Crippen molar-refractivity contribution < 1.29 is 4.74 Å². The fraction of sp³-hybridized carbons (Fsp3) is 0.111. The van der Waals surface area contributed by atoms with Crippen LogP contribution in [0.25, 0.3) is 54.9 Å². The normalized spacial score (nSPS) is 11.3. The first-order valence-corrected chi connectivity index (χ1v) is 12.8. The van der Waals surface area contributed by atoms with Crippen molar-refractivity contribution in [2.75, 3.05) is 7.11 Å². The van der Waals surface area contributed by atoms with Crippen LogP contribution < -0.4 is 0 Å². The van der Waals surface area contributed by atoms with E-state index in [9.17, 15) is 0 Å². The van der Waals surface area contributed by atoms with E-state index in [1.165, 1.54) is 71.6 Å². The molecule has 0 radical (unpaired) electrons. The molecule has 0 aliphatic rings. The molecule has 0 aliphatic heterocycles. The predicted octanol–water partition coefficient (Wildman–Crippen LogP) is 9.76. The number of hydrogen-bond donors (Lipinski definition) is 0. The Hall–Kier alpha value is -4.20. The number of hydrogen-bond acceptors (Lipinski definition) is 1. The molecule has 0 aromatic heterocycles. The van der Waals surface area contributed by atoms with Crippen LogP contribution in [0.5, 0.6) is 0 Å². The van der Waals surface area contributed by atoms with E-state index in [0.29, 0.717) is 6.61 Å². The largest absolute Gasteiger partial charge is 0.380 e. The summed E-state index contributed by atoms with van der Waals surface area (Å²) in [5, 5.41) is 5.01. The van der Waals surface area contributed by atoms with Gasteiger partial charge in [-0.05, 0) is 104 Å². The van der Waals surface area contributed by atoms with Gasteiger partial charge in [0.2, 0.25) is 0 Å². The molecule has 1 nitrogen and oxygen atoms in total. The zero-order valence-electron chi connectivity index (χ0n) is 21.6. The zero-order valence-corrected chi connectivity index (χ0v) is 21.6. The van der Waals surface area contributed by atoms with Crippen LogP contribution in [0.3, 0.4) is 0 Å². The predicted molar refractivity (Wildman–Crippen MR) is 158 cm³/mol. The highest BCUT2D eigenvalue weighted by molar-refractivity contribution is 6.14. The SMILES string of the molecule is COCc1ccccc1-c1c(-c2ccccc2C)c(-c2ccccc2C)cc2cc3ccccc3cc12. The van der Waals surface area contributed by atoms with Gasteiger partial charge in [-0.2, -0.15) is 0 Å². The van der Waals surface area contributed by atoms with Gasteiger partial charge in [0, 0.05) is 7.11 Å². The molecule has 6 aromatic carbocycles. The van der Waals surface area contributed by atoms with Crippen molar-refractivity contribution >= 4 is 21.5 Å². The Balaban J connectivity index is 1.87. The summed E-state index contributed by atoms with van der Waals surface area (Å²) in [6, 6.07) is 41.9. The quantitative estimate of drug-likeness (QED) is 0.224. The first kappa shape index (κ1) is 23.2. The van der Waals surface area contributed by atoms with Crippen molar-refractivity contribution in [3.8, 4) is 33.4 Å². The summed E-state index contributed by atoms with van der Waals surface area (Å²) < 4.78 is 5.68. The minimum absolute atomic E-state index is 0.563. The first-order chi connectivity index (χ1) is 18.2. The van der Waals surface area contributed by atoms with Gasteiger partial charge in [-0.25, -0.2) is 0 Å². The van der Waals surface area contributed by atoms with Gasteiger partial charge in [-0.1, -0.05) is 97.1 Å². The summed E-state index contributed by atoms with van der Waals surface area (Å²) in [5.41, 5.74) is 11.3. The van der Waals surface area contributed by atoms with Crippen molar-refractivity contribution in [1.29, 1.82) is 0 Å². The topological polar surface area (TPSA) is 9.23 Å². The molecule has 0 atom stereocenters. The van der Waals surface area contributed by atoms with Crippen LogP contribution in [0.4, 0.5) is 0 Å². The highest BCUT2D eigenvalue weighted by Crippen LogP contribution is 2.47. The molecule has 0 saturated heterocycles. The van der Waals surface area contributed by atoms with E-state index in [4.69, 9.17) is 4.74 Å². The van der Waals surface area contributed by atoms with Crippen molar-refractivity contribution in [3.63, 3.8) is 0 Å². The van der Waals surface area contributed by atoms with E-state index in [2.05, 4.69) is 129 Å². The standard InChI is InChI=1S/C36H30O/c1-24-12-4-9-17-30(24)34-22-29-20-26-14-6-7-15-27(26)21-33(29)36(32-19-11-8-16-28(32)23-37-3)35(34)31-18-10-5-13-25(31)2/h4-22H,23H2,1-3H3. The zero-order chi connectivity index (χ0) is 25.4. The van der Waals surface area contributed by atoms with Gasteiger partial charge in [0.05, 0.1) is 6.61 Å². The van der Waals surface area contributed by atoms with Crippen LogP contribution >= 0.6 is 0 Å². The second-order valence-corrected chi connectivity index (χ2v) is 9.81. The molecule has 0 fully saturated rings. The lowest BCUT2D eigenvalue weighted by Crippen LogP contribution is -1.99. The molecule has 1 heteroatoms. The van der Waals surface area contributed by atoms with Gasteiger partial charge in [-0.15, -0.1) is 0 Å². The molecule has 6 rings (SSSR count). The van der Waals surface area contributed by atoms with Crippen molar-refractivity contribution in [2.45, 2.75) is 20.5 Å². The van der Waals surface area contributed by atoms with Gasteiger partial charge < -0.3 is 4.74 Å². The van der Waals surface area contributed by atoms with E-state index in [-0.39, 0.29) is 0 Å². The average molecular weight is 479 g/mol. The molecule has 0 saturated carbocycles. The van der Waals surface area contributed by atoms with E-state index < -0.39 is 0 Å². The van der Waals surface area contributed by atoms with Crippen LogP contribution in [-0.2, 0) is 11.3 Å². The Labute approximate surface area is 219 Å². The van der Waals surface area contributed by atoms with E-state index >= 15 is 0 Å². The molecule has 180 valence electrons. The Morgan fingerprint density at radius 2 is 1.05 bits per heavy atom. The summed E-state index contributed by atoms with van der Waals surface area (Å²) in [5.74, 6) is 0. The third-order valence-electron chi connectivity index (χ3n) is 7.44. The second-order valence-electron chi connectivity index (χ2n) is 9.81. The first-order valence-electron chi connectivity index (χ1n) is 12.8. The maximum Gasteiger partial charge on any atom is 0.0719 e. The van der Waals surface area contributed by atoms with Crippen LogP contribution in [-0.4, -0.2) is 7.11 Å². The number of rotatable bonds is 5. The third kappa shape index (κ3) is 4.12. The molecule has 6 aromatic rings.